The average molecular weight is 250 g/mol. The van der Waals surface area contributed by atoms with Crippen LogP contribution in [0, 0.1) is 0 Å². The van der Waals surface area contributed by atoms with Crippen molar-refractivity contribution in [3.8, 4) is 5.75 Å². The summed E-state index contributed by atoms with van der Waals surface area (Å²) in [6.07, 6.45) is 0.917. The zero-order valence-corrected chi connectivity index (χ0v) is 11.4. The van der Waals surface area contributed by atoms with Gasteiger partial charge < -0.3 is 15.0 Å². The van der Waals surface area contributed by atoms with Gasteiger partial charge in [-0.1, -0.05) is 25.1 Å². The summed E-state index contributed by atoms with van der Waals surface area (Å²) >= 11 is 0. The summed E-state index contributed by atoms with van der Waals surface area (Å²) < 4.78 is 5.58. The highest BCUT2D eigenvalue weighted by atomic mass is 16.5. The molecule has 18 heavy (non-hydrogen) atoms. The molecule has 0 radical (unpaired) electrons. The van der Waals surface area contributed by atoms with Crippen LogP contribution in [-0.2, 0) is 6.42 Å². The van der Waals surface area contributed by atoms with Gasteiger partial charge in [-0.05, 0) is 31.9 Å². The summed E-state index contributed by atoms with van der Waals surface area (Å²) in [6.45, 7) is 7.59. The second kappa shape index (κ2) is 7.58. The highest BCUT2D eigenvalue weighted by Gasteiger charge is 2.08. The van der Waals surface area contributed by atoms with Gasteiger partial charge in [0.1, 0.15) is 5.75 Å². The van der Waals surface area contributed by atoms with Gasteiger partial charge in [0.25, 0.3) is 0 Å². The van der Waals surface area contributed by atoms with Gasteiger partial charge in [-0.2, -0.15) is 0 Å². The first kappa shape index (κ1) is 14.4. The Morgan fingerprint density at radius 3 is 2.50 bits per heavy atom. The molecule has 0 aliphatic carbocycles. The Bertz CT molecular complexity index is 376. The Balaban J connectivity index is 2.44. The number of urea groups is 1. The van der Waals surface area contributed by atoms with Crippen LogP contribution in [0.25, 0.3) is 0 Å². The van der Waals surface area contributed by atoms with Crippen molar-refractivity contribution >= 4 is 6.03 Å². The maximum Gasteiger partial charge on any atom is 0.319 e. The van der Waals surface area contributed by atoms with Gasteiger partial charge in [-0.25, -0.2) is 4.79 Å². The Morgan fingerprint density at radius 2 is 1.89 bits per heavy atom. The molecule has 0 aliphatic heterocycles. The maximum absolute atomic E-state index is 11.7. The largest absolute Gasteiger partial charge is 0.473 e. The average Bonchev–Trinajstić information content (AvgIpc) is 2.40. The number of nitrogens with zero attached hydrogens (tertiary/aromatic N) is 1. The molecule has 1 rings (SSSR count). The molecule has 0 saturated heterocycles. The molecule has 0 saturated carbocycles. The van der Waals surface area contributed by atoms with E-state index in [1.807, 2.05) is 38.1 Å². The SMILES string of the molecule is CCc1ccccc1OCNC(=O)N(CC)CC. The van der Waals surface area contributed by atoms with Crippen molar-refractivity contribution in [2.45, 2.75) is 27.2 Å². The van der Waals surface area contributed by atoms with E-state index in [-0.39, 0.29) is 12.8 Å². The minimum atomic E-state index is -0.0889. The van der Waals surface area contributed by atoms with E-state index in [1.54, 1.807) is 4.90 Å². The van der Waals surface area contributed by atoms with Crippen LogP contribution < -0.4 is 10.1 Å². The molecule has 0 spiro atoms. The summed E-state index contributed by atoms with van der Waals surface area (Å²) in [5.41, 5.74) is 1.15. The van der Waals surface area contributed by atoms with Crippen molar-refractivity contribution in [3.05, 3.63) is 29.8 Å². The zero-order valence-electron chi connectivity index (χ0n) is 11.4. The summed E-state index contributed by atoms with van der Waals surface area (Å²) in [5, 5.41) is 2.75. The highest BCUT2D eigenvalue weighted by molar-refractivity contribution is 5.73. The normalized spacial score (nSPS) is 9.94. The van der Waals surface area contributed by atoms with Gasteiger partial charge in [0.05, 0.1) is 0 Å². The molecule has 4 nitrogen and oxygen atoms in total. The minimum Gasteiger partial charge on any atom is -0.473 e. The molecule has 1 aromatic carbocycles. The predicted octanol–water partition coefficient (Wildman–Crippen LogP) is 2.64. The Labute approximate surface area is 109 Å². The van der Waals surface area contributed by atoms with Crippen LogP contribution in [-0.4, -0.2) is 30.8 Å². The van der Waals surface area contributed by atoms with Crippen molar-refractivity contribution < 1.29 is 9.53 Å². The summed E-state index contributed by atoms with van der Waals surface area (Å²) in [5.74, 6) is 0.833. The van der Waals surface area contributed by atoms with Crippen molar-refractivity contribution in [1.82, 2.24) is 10.2 Å². The van der Waals surface area contributed by atoms with Crippen LogP contribution >= 0.6 is 0 Å². The van der Waals surface area contributed by atoms with E-state index in [2.05, 4.69) is 12.2 Å². The van der Waals surface area contributed by atoms with Crippen LogP contribution in [0.2, 0.25) is 0 Å². The fourth-order valence-electron chi connectivity index (χ4n) is 1.73. The van der Waals surface area contributed by atoms with Crippen molar-refractivity contribution in [1.29, 1.82) is 0 Å². The molecule has 0 aliphatic rings. The topological polar surface area (TPSA) is 41.6 Å². The molecular weight excluding hydrogens is 228 g/mol. The lowest BCUT2D eigenvalue weighted by atomic mass is 10.1. The first-order valence-electron chi connectivity index (χ1n) is 6.46. The lowest BCUT2D eigenvalue weighted by Crippen LogP contribution is -2.41. The van der Waals surface area contributed by atoms with Crippen molar-refractivity contribution in [2.24, 2.45) is 0 Å². The number of amides is 2. The summed E-state index contributed by atoms with van der Waals surface area (Å²) in [7, 11) is 0. The van der Waals surface area contributed by atoms with Crippen LogP contribution in [0.5, 0.6) is 5.75 Å². The van der Waals surface area contributed by atoms with Crippen LogP contribution in [0.3, 0.4) is 0 Å². The van der Waals surface area contributed by atoms with Gasteiger partial charge in [0.2, 0.25) is 0 Å². The van der Waals surface area contributed by atoms with E-state index in [4.69, 9.17) is 4.74 Å². The first-order valence-corrected chi connectivity index (χ1v) is 6.46. The highest BCUT2D eigenvalue weighted by Crippen LogP contribution is 2.17. The van der Waals surface area contributed by atoms with E-state index in [9.17, 15) is 4.79 Å². The smallest absolute Gasteiger partial charge is 0.319 e. The number of hydrogen-bond acceptors (Lipinski definition) is 2. The number of nitrogens with one attached hydrogen (secondary N) is 1. The molecule has 0 unspecified atom stereocenters. The number of para-hydroxylation sites is 1. The van der Waals surface area contributed by atoms with E-state index in [0.717, 1.165) is 17.7 Å². The number of carbonyl (C=O) groups is 1. The van der Waals surface area contributed by atoms with Crippen LogP contribution in [0.1, 0.15) is 26.3 Å². The quantitative estimate of drug-likeness (QED) is 0.789. The van der Waals surface area contributed by atoms with Crippen LogP contribution in [0.4, 0.5) is 4.79 Å². The minimum absolute atomic E-state index is 0.0889. The molecule has 0 bridgehead atoms. The third-order valence-electron chi connectivity index (χ3n) is 2.86. The number of rotatable bonds is 6. The van der Waals surface area contributed by atoms with Gasteiger partial charge in [0, 0.05) is 13.1 Å². The fourth-order valence-corrected chi connectivity index (χ4v) is 1.73. The maximum atomic E-state index is 11.7. The number of carbonyl (C=O) groups excluding carboxylic acids is 1. The molecule has 0 aromatic heterocycles. The molecule has 1 aromatic rings. The number of ether oxygens (including phenoxy) is 1. The number of hydrogen-bond donors (Lipinski definition) is 1. The lowest BCUT2D eigenvalue weighted by Gasteiger charge is -2.19. The van der Waals surface area contributed by atoms with Gasteiger partial charge in [0.15, 0.2) is 6.73 Å². The molecule has 100 valence electrons. The first-order chi connectivity index (χ1) is 8.72. The van der Waals surface area contributed by atoms with Crippen LogP contribution in [0.15, 0.2) is 24.3 Å². The van der Waals surface area contributed by atoms with E-state index >= 15 is 0 Å². The number of aryl methyl sites for hydroxylation is 1. The number of benzene rings is 1. The second-order valence-corrected chi connectivity index (χ2v) is 3.90. The molecule has 0 atom stereocenters. The third kappa shape index (κ3) is 3.95. The van der Waals surface area contributed by atoms with Gasteiger partial charge >= 0.3 is 6.03 Å². The molecule has 2 amide bonds. The Morgan fingerprint density at radius 1 is 1.22 bits per heavy atom. The fraction of sp³-hybridized carbons (Fsp3) is 0.500. The standard InChI is InChI=1S/C14H22N2O2/c1-4-12-9-7-8-10-13(12)18-11-15-14(17)16(5-2)6-3/h7-10H,4-6,11H2,1-3H3,(H,15,17). The van der Waals surface area contributed by atoms with E-state index in [0.29, 0.717) is 13.1 Å². The molecular formula is C14H22N2O2. The van der Waals surface area contributed by atoms with E-state index < -0.39 is 0 Å². The Hall–Kier alpha value is -1.71. The Kier molecular flexibility index (Phi) is 6.05. The van der Waals surface area contributed by atoms with Gasteiger partial charge in [-0.15, -0.1) is 0 Å². The monoisotopic (exact) mass is 250 g/mol. The molecule has 1 N–H and O–H groups in total. The molecule has 0 heterocycles. The summed E-state index contributed by atoms with van der Waals surface area (Å²) in [4.78, 5) is 13.4. The van der Waals surface area contributed by atoms with E-state index in [1.165, 1.54) is 0 Å². The van der Waals surface area contributed by atoms with Crippen molar-refractivity contribution in [2.75, 3.05) is 19.8 Å². The van der Waals surface area contributed by atoms with Gasteiger partial charge in [-0.3, -0.25) is 0 Å². The second-order valence-electron chi connectivity index (χ2n) is 3.90. The third-order valence-corrected chi connectivity index (χ3v) is 2.86. The summed E-state index contributed by atoms with van der Waals surface area (Å²) in [6, 6.07) is 7.78. The zero-order chi connectivity index (χ0) is 13.4. The molecule has 0 fully saturated rings. The molecule has 4 heteroatoms. The lowest BCUT2D eigenvalue weighted by molar-refractivity contribution is 0.189. The predicted molar refractivity (Wildman–Crippen MR) is 72.8 cm³/mol. The van der Waals surface area contributed by atoms with Crippen molar-refractivity contribution in [3.63, 3.8) is 0 Å².